The molecule has 2 aromatic carbocycles. The van der Waals surface area contributed by atoms with Gasteiger partial charge in [-0.2, -0.15) is 5.10 Å². The number of anilines is 1. The van der Waals surface area contributed by atoms with Crippen molar-refractivity contribution < 1.29 is 22.4 Å². The molecule has 0 aliphatic carbocycles. The van der Waals surface area contributed by atoms with Crippen LogP contribution in [-0.2, 0) is 7.05 Å². The number of hydrogen-bond donors (Lipinski definition) is 0. The summed E-state index contributed by atoms with van der Waals surface area (Å²) in [5.41, 5.74) is -0.250. The van der Waals surface area contributed by atoms with Gasteiger partial charge in [-0.15, -0.1) is 0 Å². The number of aromatic nitrogens is 2. The number of alkyl halides is 2. The predicted octanol–water partition coefficient (Wildman–Crippen LogP) is 5.23. The minimum absolute atomic E-state index is 0.108. The lowest BCUT2D eigenvalue weighted by molar-refractivity contribution is 0.0978. The predicted molar refractivity (Wildman–Crippen MR) is 97.7 cm³/mol. The van der Waals surface area contributed by atoms with Crippen molar-refractivity contribution in [3.8, 4) is 11.1 Å². The van der Waals surface area contributed by atoms with Gasteiger partial charge in [0, 0.05) is 25.9 Å². The van der Waals surface area contributed by atoms with Gasteiger partial charge in [0.25, 0.3) is 12.3 Å². The van der Waals surface area contributed by atoms with Crippen molar-refractivity contribution in [1.82, 2.24) is 9.78 Å². The van der Waals surface area contributed by atoms with Crippen molar-refractivity contribution in [2.45, 2.75) is 6.43 Å². The molecular weight excluding hydrogens is 398 g/mol. The maximum atomic E-state index is 13.9. The molecular formula is C19H14ClF4N3O. The van der Waals surface area contributed by atoms with E-state index in [1.807, 2.05) is 0 Å². The fraction of sp³-hybridized carbons (Fsp3) is 0.158. The highest BCUT2D eigenvalue weighted by molar-refractivity contribution is 6.30. The van der Waals surface area contributed by atoms with Crippen LogP contribution in [0.3, 0.4) is 0 Å². The van der Waals surface area contributed by atoms with Crippen molar-refractivity contribution in [2.24, 2.45) is 7.05 Å². The lowest BCUT2D eigenvalue weighted by Crippen LogP contribution is -2.27. The van der Waals surface area contributed by atoms with Gasteiger partial charge < -0.3 is 4.90 Å². The average Bonchev–Trinajstić information content (AvgIpc) is 3.05. The fourth-order valence-corrected chi connectivity index (χ4v) is 2.93. The van der Waals surface area contributed by atoms with Gasteiger partial charge in [-0.3, -0.25) is 9.48 Å². The Hall–Kier alpha value is -2.87. The van der Waals surface area contributed by atoms with Crippen molar-refractivity contribution in [3.05, 3.63) is 70.5 Å². The Kier molecular flexibility index (Phi) is 5.42. The second kappa shape index (κ2) is 7.63. The lowest BCUT2D eigenvalue weighted by Gasteiger charge is -2.21. The minimum atomic E-state index is -2.94. The first kappa shape index (κ1) is 19.9. The van der Waals surface area contributed by atoms with E-state index in [0.717, 1.165) is 27.8 Å². The summed E-state index contributed by atoms with van der Waals surface area (Å²) in [6.07, 6.45) is -1.75. The van der Waals surface area contributed by atoms with Crippen LogP contribution in [0.5, 0.6) is 0 Å². The molecule has 28 heavy (non-hydrogen) atoms. The summed E-state index contributed by atoms with van der Waals surface area (Å²) in [6, 6.07) is 7.43. The molecule has 0 aliphatic heterocycles. The van der Waals surface area contributed by atoms with Crippen LogP contribution >= 0.6 is 11.6 Å². The van der Waals surface area contributed by atoms with E-state index in [4.69, 9.17) is 11.6 Å². The molecule has 1 amide bonds. The smallest absolute Gasteiger partial charge is 0.282 e. The number of nitrogens with zero attached hydrogens (tertiary/aromatic N) is 3. The number of aryl methyl sites for hydroxylation is 1. The Bertz CT molecular complexity index is 1050. The number of carbonyl (C=O) groups is 1. The molecule has 0 fully saturated rings. The lowest BCUT2D eigenvalue weighted by atomic mass is 10.0. The van der Waals surface area contributed by atoms with Crippen molar-refractivity contribution >= 4 is 23.2 Å². The molecule has 0 bridgehead atoms. The molecule has 0 radical (unpaired) electrons. The van der Waals surface area contributed by atoms with E-state index in [2.05, 4.69) is 5.10 Å². The molecule has 1 heterocycles. The summed E-state index contributed by atoms with van der Waals surface area (Å²) in [5.74, 6) is -2.08. The van der Waals surface area contributed by atoms with Crippen molar-refractivity contribution in [2.75, 3.05) is 11.9 Å². The highest BCUT2D eigenvalue weighted by atomic mass is 35.5. The summed E-state index contributed by atoms with van der Waals surface area (Å²) in [7, 11) is 2.77. The van der Waals surface area contributed by atoms with Gasteiger partial charge in [-0.1, -0.05) is 17.7 Å². The molecule has 3 aromatic rings. The van der Waals surface area contributed by atoms with Crippen molar-refractivity contribution in [1.29, 1.82) is 0 Å². The maximum Gasteiger partial charge on any atom is 0.282 e. The summed E-state index contributed by atoms with van der Waals surface area (Å²) >= 11 is 5.69. The molecule has 0 atom stereocenters. The SMILES string of the molecule is CN(C(=O)c1cn(C)nc1C(F)F)c1ccc(F)cc1-c1ccc(Cl)c(F)c1. The number of amides is 1. The van der Waals surface area contributed by atoms with Gasteiger partial charge in [-0.25, -0.2) is 17.6 Å². The molecule has 1 aromatic heterocycles. The highest BCUT2D eigenvalue weighted by Gasteiger charge is 2.26. The summed E-state index contributed by atoms with van der Waals surface area (Å²) in [4.78, 5) is 13.9. The maximum absolute atomic E-state index is 13.9. The average molecular weight is 412 g/mol. The molecule has 0 saturated heterocycles. The van der Waals surface area contributed by atoms with E-state index in [1.54, 1.807) is 0 Å². The molecule has 0 aliphatic rings. The van der Waals surface area contributed by atoms with Crippen LogP contribution in [0.2, 0.25) is 5.02 Å². The summed E-state index contributed by atoms with van der Waals surface area (Å²) in [6.45, 7) is 0. The van der Waals surface area contributed by atoms with Gasteiger partial charge in [0.05, 0.1) is 16.3 Å². The van der Waals surface area contributed by atoms with Gasteiger partial charge in [0.15, 0.2) is 0 Å². The van der Waals surface area contributed by atoms with Crippen molar-refractivity contribution in [3.63, 3.8) is 0 Å². The number of carbonyl (C=O) groups excluding carboxylic acids is 1. The van der Waals surface area contributed by atoms with Gasteiger partial charge in [0.1, 0.15) is 17.3 Å². The Balaban J connectivity index is 2.08. The quantitative estimate of drug-likeness (QED) is 0.551. The van der Waals surface area contributed by atoms with Gasteiger partial charge in [0.2, 0.25) is 0 Å². The van der Waals surface area contributed by atoms with E-state index in [0.29, 0.717) is 0 Å². The summed E-state index contributed by atoms with van der Waals surface area (Å²) < 4.78 is 55.2. The molecule has 9 heteroatoms. The molecule has 0 spiro atoms. The van der Waals surface area contributed by atoms with Crippen LogP contribution in [0.25, 0.3) is 11.1 Å². The van der Waals surface area contributed by atoms with E-state index < -0.39 is 29.7 Å². The van der Waals surface area contributed by atoms with E-state index in [-0.39, 0.29) is 27.4 Å². The van der Waals surface area contributed by atoms with Crippen LogP contribution < -0.4 is 4.90 Å². The molecule has 0 saturated carbocycles. The molecule has 4 nitrogen and oxygen atoms in total. The van der Waals surface area contributed by atoms with E-state index in [9.17, 15) is 22.4 Å². The number of halogens is 5. The fourth-order valence-electron chi connectivity index (χ4n) is 2.82. The topological polar surface area (TPSA) is 38.1 Å². The molecule has 0 unspecified atom stereocenters. The molecule has 3 rings (SSSR count). The minimum Gasteiger partial charge on any atom is -0.311 e. The number of hydrogen-bond acceptors (Lipinski definition) is 2. The second-order valence-electron chi connectivity index (χ2n) is 6.06. The monoisotopic (exact) mass is 411 g/mol. The van der Waals surface area contributed by atoms with E-state index in [1.165, 1.54) is 38.5 Å². The third-order valence-electron chi connectivity index (χ3n) is 4.15. The second-order valence-corrected chi connectivity index (χ2v) is 6.46. The molecule has 146 valence electrons. The van der Waals surface area contributed by atoms with Crippen LogP contribution in [0.4, 0.5) is 23.2 Å². The third-order valence-corrected chi connectivity index (χ3v) is 4.46. The Morgan fingerprint density at radius 2 is 1.89 bits per heavy atom. The first-order chi connectivity index (χ1) is 13.2. The first-order valence-electron chi connectivity index (χ1n) is 8.03. The summed E-state index contributed by atoms with van der Waals surface area (Å²) in [5, 5.41) is 3.51. The zero-order valence-electron chi connectivity index (χ0n) is 14.8. The van der Waals surface area contributed by atoms with Gasteiger partial charge in [-0.05, 0) is 35.9 Å². The zero-order valence-corrected chi connectivity index (χ0v) is 15.5. The standard InChI is InChI=1S/C19H14ClF4N3O/c1-26-9-13(17(25-26)18(23)24)19(28)27(2)16-6-4-11(21)8-12(16)10-3-5-14(20)15(22)7-10/h3-9,18H,1-2H3. The Morgan fingerprint density at radius 1 is 1.18 bits per heavy atom. The molecule has 0 N–H and O–H groups in total. The Labute approximate surface area is 162 Å². The van der Waals surface area contributed by atoms with Crippen LogP contribution in [0, 0.1) is 11.6 Å². The van der Waals surface area contributed by atoms with Crippen LogP contribution in [0.1, 0.15) is 22.5 Å². The normalized spacial score (nSPS) is 11.1. The first-order valence-corrected chi connectivity index (χ1v) is 8.41. The van der Waals surface area contributed by atoms with Crippen LogP contribution in [-0.4, -0.2) is 22.7 Å². The number of benzene rings is 2. The van der Waals surface area contributed by atoms with Gasteiger partial charge >= 0.3 is 0 Å². The Morgan fingerprint density at radius 3 is 2.54 bits per heavy atom. The third kappa shape index (κ3) is 3.73. The highest BCUT2D eigenvalue weighted by Crippen LogP contribution is 2.34. The van der Waals surface area contributed by atoms with E-state index >= 15 is 0 Å². The zero-order chi connectivity index (χ0) is 20.6. The number of rotatable bonds is 4. The largest absolute Gasteiger partial charge is 0.311 e. The van der Waals surface area contributed by atoms with Crippen LogP contribution in [0.15, 0.2) is 42.6 Å².